The second-order valence-electron chi connectivity index (χ2n) is 5.03. The average molecular weight is 335 g/mol. The SMILES string of the molecule is CSc1cc(-c2nc(-c3ccccn3)no2)cc(-n2ccnc2)c1. The summed E-state index contributed by atoms with van der Waals surface area (Å²) in [5, 5.41) is 4.04. The minimum Gasteiger partial charge on any atom is -0.334 e. The number of nitrogens with zero attached hydrogens (tertiary/aromatic N) is 5. The molecular weight excluding hydrogens is 322 g/mol. The van der Waals surface area contributed by atoms with Gasteiger partial charge in [0.1, 0.15) is 5.69 Å². The number of aromatic nitrogens is 5. The lowest BCUT2D eigenvalue weighted by molar-refractivity contribution is 0.432. The van der Waals surface area contributed by atoms with Crippen molar-refractivity contribution < 1.29 is 4.52 Å². The Bertz CT molecular complexity index is 950. The first kappa shape index (κ1) is 14.6. The number of imidazole rings is 1. The zero-order valence-corrected chi connectivity index (χ0v) is 13.6. The van der Waals surface area contributed by atoms with Crippen molar-refractivity contribution >= 4 is 11.8 Å². The number of rotatable bonds is 4. The van der Waals surface area contributed by atoms with Gasteiger partial charge < -0.3 is 9.09 Å². The maximum atomic E-state index is 5.44. The summed E-state index contributed by atoms with van der Waals surface area (Å²) in [4.78, 5) is 13.9. The number of hydrogen-bond acceptors (Lipinski definition) is 6. The first-order valence-corrected chi connectivity index (χ1v) is 8.49. The van der Waals surface area contributed by atoms with Crippen LogP contribution in [0.4, 0.5) is 0 Å². The van der Waals surface area contributed by atoms with E-state index in [2.05, 4.69) is 26.2 Å². The molecule has 0 radical (unpaired) electrons. The smallest absolute Gasteiger partial charge is 0.258 e. The lowest BCUT2D eigenvalue weighted by atomic mass is 10.2. The van der Waals surface area contributed by atoms with Crippen molar-refractivity contribution in [1.29, 1.82) is 0 Å². The Morgan fingerprint density at radius 2 is 2.08 bits per heavy atom. The van der Waals surface area contributed by atoms with E-state index in [-0.39, 0.29) is 0 Å². The van der Waals surface area contributed by atoms with Gasteiger partial charge in [0.05, 0.1) is 6.33 Å². The van der Waals surface area contributed by atoms with Crippen molar-refractivity contribution in [2.75, 3.05) is 6.26 Å². The molecule has 1 aromatic carbocycles. The standard InChI is InChI=1S/C17H13N5OS/c1-24-14-9-12(8-13(10-14)22-7-6-18-11-22)17-20-16(21-23-17)15-4-2-3-5-19-15/h2-11H,1H3. The summed E-state index contributed by atoms with van der Waals surface area (Å²) < 4.78 is 7.39. The van der Waals surface area contributed by atoms with Crippen LogP contribution in [0.1, 0.15) is 0 Å². The molecule has 3 heterocycles. The fourth-order valence-corrected chi connectivity index (χ4v) is 2.81. The van der Waals surface area contributed by atoms with Crippen molar-refractivity contribution in [1.82, 2.24) is 24.7 Å². The molecule has 24 heavy (non-hydrogen) atoms. The van der Waals surface area contributed by atoms with E-state index in [1.54, 1.807) is 30.5 Å². The Morgan fingerprint density at radius 1 is 1.12 bits per heavy atom. The number of benzene rings is 1. The average Bonchev–Trinajstić information content (AvgIpc) is 3.34. The van der Waals surface area contributed by atoms with E-state index in [4.69, 9.17) is 4.52 Å². The van der Waals surface area contributed by atoms with Crippen LogP contribution in [0.2, 0.25) is 0 Å². The molecule has 118 valence electrons. The lowest BCUT2D eigenvalue weighted by Crippen LogP contribution is -1.92. The van der Waals surface area contributed by atoms with Gasteiger partial charge in [0, 0.05) is 34.7 Å². The van der Waals surface area contributed by atoms with Gasteiger partial charge in [-0.2, -0.15) is 4.98 Å². The van der Waals surface area contributed by atoms with E-state index in [0.717, 1.165) is 16.1 Å². The first-order chi connectivity index (χ1) is 11.8. The molecule has 0 aliphatic rings. The fourth-order valence-electron chi connectivity index (χ4n) is 2.33. The van der Waals surface area contributed by atoms with E-state index in [1.807, 2.05) is 47.4 Å². The predicted molar refractivity (Wildman–Crippen MR) is 91.9 cm³/mol. The van der Waals surface area contributed by atoms with Crippen LogP contribution in [0, 0.1) is 0 Å². The van der Waals surface area contributed by atoms with Gasteiger partial charge in [0.25, 0.3) is 5.89 Å². The van der Waals surface area contributed by atoms with Gasteiger partial charge in [-0.05, 0) is 36.6 Å². The van der Waals surface area contributed by atoms with Crippen molar-refractivity contribution in [3.8, 4) is 28.7 Å². The zero-order chi connectivity index (χ0) is 16.4. The Kier molecular flexibility index (Phi) is 3.84. The third-order valence-electron chi connectivity index (χ3n) is 3.50. The first-order valence-electron chi connectivity index (χ1n) is 7.26. The number of pyridine rings is 1. The van der Waals surface area contributed by atoms with Gasteiger partial charge in [-0.1, -0.05) is 11.2 Å². The Labute approximate surface area is 142 Å². The van der Waals surface area contributed by atoms with E-state index in [1.165, 1.54) is 0 Å². The zero-order valence-electron chi connectivity index (χ0n) is 12.8. The van der Waals surface area contributed by atoms with Gasteiger partial charge in [-0.15, -0.1) is 11.8 Å². The summed E-state index contributed by atoms with van der Waals surface area (Å²) in [6.07, 6.45) is 9.14. The number of thioether (sulfide) groups is 1. The molecule has 6 nitrogen and oxygen atoms in total. The second-order valence-corrected chi connectivity index (χ2v) is 5.91. The van der Waals surface area contributed by atoms with Crippen molar-refractivity contribution in [3.63, 3.8) is 0 Å². The highest BCUT2D eigenvalue weighted by molar-refractivity contribution is 7.98. The molecule has 4 aromatic rings. The Hall–Kier alpha value is -2.93. The maximum absolute atomic E-state index is 5.44. The molecule has 0 amide bonds. The predicted octanol–water partition coefficient (Wildman–Crippen LogP) is 3.71. The fraction of sp³-hybridized carbons (Fsp3) is 0.0588. The van der Waals surface area contributed by atoms with Crippen LogP contribution in [0.25, 0.3) is 28.7 Å². The van der Waals surface area contributed by atoms with Gasteiger partial charge in [0.2, 0.25) is 5.82 Å². The van der Waals surface area contributed by atoms with Crippen LogP contribution < -0.4 is 0 Å². The molecule has 0 aliphatic heterocycles. The quantitative estimate of drug-likeness (QED) is 0.530. The molecule has 0 atom stereocenters. The minimum absolute atomic E-state index is 0.466. The highest BCUT2D eigenvalue weighted by Gasteiger charge is 2.13. The third kappa shape index (κ3) is 2.81. The molecule has 0 saturated heterocycles. The van der Waals surface area contributed by atoms with Crippen LogP contribution in [-0.4, -0.2) is 30.9 Å². The van der Waals surface area contributed by atoms with Crippen LogP contribution in [0.15, 0.2) is 70.7 Å². The van der Waals surface area contributed by atoms with E-state index in [0.29, 0.717) is 17.4 Å². The molecule has 0 bridgehead atoms. The molecule has 0 N–H and O–H groups in total. The Morgan fingerprint density at radius 3 is 2.83 bits per heavy atom. The molecule has 4 rings (SSSR count). The summed E-state index contributed by atoms with van der Waals surface area (Å²) in [7, 11) is 0. The van der Waals surface area contributed by atoms with Crippen LogP contribution in [0.3, 0.4) is 0 Å². The second kappa shape index (κ2) is 6.29. The van der Waals surface area contributed by atoms with Crippen LogP contribution >= 0.6 is 11.8 Å². The summed E-state index contributed by atoms with van der Waals surface area (Å²) in [5.41, 5.74) is 2.54. The van der Waals surface area contributed by atoms with Gasteiger partial charge in [0.15, 0.2) is 0 Å². The molecule has 0 unspecified atom stereocenters. The van der Waals surface area contributed by atoms with Crippen molar-refractivity contribution in [2.24, 2.45) is 0 Å². The molecule has 0 spiro atoms. The largest absolute Gasteiger partial charge is 0.334 e. The molecule has 0 saturated carbocycles. The van der Waals surface area contributed by atoms with E-state index >= 15 is 0 Å². The van der Waals surface area contributed by atoms with E-state index in [9.17, 15) is 0 Å². The molecular formula is C17H13N5OS. The number of hydrogen-bond donors (Lipinski definition) is 0. The topological polar surface area (TPSA) is 69.6 Å². The lowest BCUT2D eigenvalue weighted by Gasteiger charge is -2.06. The maximum Gasteiger partial charge on any atom is 0.258 e. The normalized spacial score (nSPS) is 10.9. The molecule has 0 aliphatic carbocycles. The van der Waals surface area contributed by atoms with Crippen molar-refractivity contribution in [3.05, 3.63) is 61.3 Å². The van der Waals surface area contributed by atoms with Gasteiger partial charge >= 0.3 is 0 Å². The molecule has 0 fully saturated rings. The minimum atomic E-state index is 0.466. The summed E-state index contributed by atoms with van der Waals surface area (Å²) in [6, 6.07) is 11.7. The molecule has 7 heteroatoms. The summed E-state index contributed by atoms with van der Waals surface area (Å²) >= 11 is 1.66. The van der Waals surface area contributed by atoms with Gasteiger partial charge in [-0.25, -0.2) is 4.98 Å². The van der Waals surface area contributed by atoms with Crippen molar-refractivity contribution in [2.45, 2.75) is 4.90 Å². The highest BCUT2D eigenvalue weighted by Crippen LogP contribution is 2.28. The van der Waals surface area contributed by atoms with Gasteiger partial charge in [-0.3, -0.25) is 4.98 Å². The summed E-state index contributed by atoms with van der Waals surface area (Å²) in [6.45, 7) is 0. The summed E-state index contributed by atoms with van der Waals surface area (Å²) in [5.74, 6) is 0.942. The molecule has 3 aromatic heterocycles. The van der Waals surface area contributed by atoms with E-state index < -0.39 is 0 Å². The highest BCUT2D eigenvalue weighted by atomic mass is 32.2. The Balaban J connectivity index is 1.77. The third-order valence-corrected chi connectivity index (χ3v) is 4.20. The van der Waals surface area contributed by atoms with Crippen LogP contribution in [0.5, 0.6) is 0 Å². The van der Waals surface area contributed by atoms with Crippen LogP contribution in [-0.2, 0) is 0 Å². The monoisotopic (exact) mass is 335 g/mol.